The van der Waals surface area contributed by atoms with E-state index in [1.165, 1.54) is 12.8 Å². The van der Waals surface area contributed by atoms with Crippen LogP contribution in [0.4, 0.5) is 5.69 Å². The average Bonchev–Trinajstić information content (AvgIpc) is 2.61. The second kappa shape index (κ2) is 6.42. The average molecular weight is 325 g/mol. The van der Waals surface area contributed by atoms with Crippen molar-refractivity contribution in [3.8, 4) is 0 Å². The maximum atomic E-state index is 12.7. The van der Waals surface area contributed by atoms with Crippen LogP contribution in [0.2, 0.25) is 0 Å². The smallest absolute Gasteiger partial charge is 0.254 e. The van der Waals surface area contributed by atoms with Crippen LogP contribution in [0.5, 0.6) is 0 Å². The van der Waals surface area contributed by atoms with Crippen molar-refractivity contribution in [2.75, 3.05) is 12.3 Å². The molecule has 3 nitrogen and oxygen atoms in total. The molecule has 0 bridgehead atoms. The first-order valence-corrected chi connectivity index (χ1v) is 7.78. The van der Waals surface area contributed by atoms with Crippen LogP contribution in [0, 0.1) is 0 Å². The zero-order valence-electron chi connectivity index (χ0n) is 11.4. The van der Waals surface area contributed by atoms with Gasteiger partial charge in [0.25, 0.3) is 5.91 Å². The second-order valence-corrected chi connectivity index (χ2v) is 6.10. The summed E-state index contributed by atoms with van der Waals surface area (Å²) in [5, 5.41) is 0. The van der Waals surface area contributed by atoms with Crippen molar-refractivity contribution in [1.29, 1.82) is 0 Å². The Bertz CT molecular complexity index is 441. The standard InChI is InChI=1S/C15H21BrN2O/c1-2-14-6-4-3-5-7-18(14)15(19)11-8-12(16)10-13(17)9-11/h8-10,14H,2-7,17H2,1H3. The molecule has 4 heteroatoms. The third-order valence-electron chi connectivity index (χ3n) is 3.78. The predicted molar refractivity (Wildman–Crippen MR) is 82.1 cm³/mol. The van der Waals surface area contributed by atoms with Crippen molar-refractivity contribution >= 4 is 27.5 Å². The molecule has 0 saturated carbocycles. The van der Waals surface area contributed by atoms with Crippen molar-refractivity contribution in [3.63, 3.8) is 0 Å². The van der Waals surface area contributed by atoms with E-state index in [1.54, 1.807) is 6.07 Å². The third-order valence-corrected chi connectivity index (χ3v) is 4.23. The minimum absolute atomic E-state index is 0.113. The summed E-state index contributed by atoms with van der Waals surface area (Å²) in [4.78, 5) is 14.7. The molecule has 0 spiro atoms. The molecular formula is C15H21BrN2O. The molecule has 19 heavy (non-hydrogen) atoms. The van der Waals surface area contributed by atoms with Gasteiger partial charge in [0, 0.05) is 28.3 Å². The number of amides is 1. The maximum Gasteiger partial charge on any atom is 0.254 e. The minimum Gasteiger partial charge on any atom is -0.399 e. The Balaban J connectivity index is 2.25. The van der Waals surface area contributed by atoms with Gasteiger partial charge in [-0.25, -0.2) is 0 Å². The highest BCUT2D eigenvalue weighted by Gasteiger charge is 2.25. The first-order valence-electron chi connectivity index (χ1n) is 6.99. The number of benzene rings is 1. The van der Waals surface area contributed by atoms with Gasteiger partial charge in [-0.1, -0.05) is 35.7 Å². The molecule has 2 rings (SSSR count). The van der Waals surface area contributed by atoms with E-state index in [-0.39, 0.29) is 5.91 Å². The summed E-state index contributed by atoms with van der Waals surface area (Å²) in [6, 6.07) is 5.81. The van der Waals surface area contributed by atoms with Gasteiger partial charge < -0.3 is 10.6 Å². The molecule has 1 unspecified atom stereocenters. The van der Waals surface area contributed by atoms with Crippen molar-refractivity contribution in [3.05, 3.63) is 28.2 Å². The molecule has 0 radical (unpaired) electrons. The summed E-state index contributed by atoms with van der Waals surface area (Å²) in [6.45, 7) is 3.02. The van der Waals surface area contributed by atoms with Gasteiger partial charge in [-0.3, -0.25) is 4.79 Å². The quantitative estimate of drug-likeness (QED) is 0.840. The zero-order valence-corrected chi connectivity index (χ0v) is 12.9. The lowest BCUT2D eigenvalue weighted by Gasteiger charge is -2.29. The summed E-state index contributed by atoms with van der Waals surface area (Å²) in [5.41, 5.74) is 7.14. The number of nitrogens with two attached hydrogens (primary N) is 1. The van der Waals surface area contributed by atoms with E-state index in [0.717, 1.165) is 30.3 Å². The van der Waals surface area contributed by atoms with Gasteiger partial charge in [0.05, 0.1) is 0 Å². The molecule has 0 aromatic heterocycles. The fourth-order valence-corrected chi connectivity index (χ4v) is 3.28. The van der Waals surface area contributed by atoms with Gasteiger partial charge in [-0.05, 0) is 37.5 Å². The molecule has 1 amide bonds. The molecule has 1 aromatic rings. The van der Waals surface area contributed by atoms with Crippen molar-refractivity contribution < 1.29 is 4.79 Å². The van der Waals surface area contributed by atoms with Crippen LogP contribution in [0.15, 0.2) is 22.7 Å². The third kappa shape index (κ3) is 3.50. The summed E-state index contributed by atoms with van der Waals surface area (Å²) < 4.78 is 0.860. The lowest BCUT2D eigenvalue weighted by Crippen LogP contribution is -2.39. The second-order valence-electron chi connectivity index (χ2n) is 5.18. The Kier molecular flexibility index (Phi) is 4.86. The maximum absolute atomic E-state index is 12.7. The first-order chi connectivity index (χ1) is 9.11. The van der Waals surface area contributed by atoms with Crippen molar-refractivity contribution in [1.82, 2.24) is 4.90 Å². The number of rotatable bonds is 2. The van der Waals surface area contributed by atoms with Gasteiger partial charge in [-0.2, -0.15) is 0 Å². The number of hydrogen-bond donors (Lipinski definition) is 1. The molecule has 104 valence electrons. The lowest BCUT2D eigenvalue weighted by molar-refractivity contribution is 0.0678. The summed E-state index contributed by atoms with van der Waals surface area (Å²) in [6.07, 6.45) is 5.69. The van der Waals surface area contributed by atoms with Crippen LogP contribution in [0.25, 0.3) is 0 Å². The SMILES string of the molecule is CCC1CCCCCN1C(=O)c1cc(N)cc(Br)c1. The number of halogens is 1. The number of likely N-dealkylation sites (tertiary alicyclic amines) is 1. The number of carbonyl (C=O) groups excluding carboxylic acids is 1. The van der Waals surface area contributed by atoms with Crippen LogP contribution in [-0.4, -0.2) is 23.4 Å². The van der Waals surface area contributed by atoms with Crippen LogP contribution in [0.1, 0.15) is 49.4 Å². The fraction of sp³-hybridized carbons (Fsp3) is 0.533. The zero-order chi connectivity index (χ0) is 13.8. The molecule has 1 aliphatic heterocycles. The summed E-state index contributed by atoms with van der Waals surface area (Å²) in [7, 11) is 0. The number of anilines is 1. The van der Waals surface area contributed by atoms with Gasteiger partial charge in [0.1, 0.15) is 0 Å². The van der Waals surface area contributed by atoms with E-state index >= 15 is 0 Å². The molecular weight excluding hydrogens is 304 g/mol. The molecule has 1 atom stereocenters. The highest BCUT2D eigenvalue weighted by atomic mass is 79.9. The molecule has 1 fully saturated rings. The van der Waals surface area contributed by atoms with Gasteiger partial charge >= 0.3 is 0 Å². The van der Waals surface area contributed by atoms with Crippen LogP contribution in [0.3, 0.4) is 0 Å². The van der Waals surface area contributed by atoms with Crippen molar-refractivity contribution in [2.45, 2.75) is 45.1 Å². The van der Waals surface area contributed by atoms with E-state index in [0.29, 0.717) is 17.3 Å². The molecule has 1 heterocycles. The number of hydrogen-bond acceptors (Lipinski definition) is 2. The fourth-order valence-electron chi connectivity index (χ4n) is 2.77. The monoisotopic (exact) mass is 324 g/mol. The predicted octanol–water partition coefficient (Wildman–Crippen LogP) is 3.83. The largest absolute Gasteiger partial charge is 0.399 e. The topological polar surface area (TPSA) is 46.3 Å². The number of nitrogens with zero attached hydrogens (tertiary/aromatic N) is 1. The van der Waals surface area contributed by atoms with Gasteiger partial charge in [0.2, 0.25) is 0 Å². The number of nitrogen functional groups attached to an aromatic ring is 1. The van der Waals surface area contributed by atoms with Crippen LogP contribution in [-0.2, 0) is 0 Å². The van der Waals surface area contributed by atoms with E-state index in [2.05, 4.69) is 22.9 Å². The summed E-state index contributed by atoms with van der Waals surface area (Å²) >= 11 is 3.40. The van der Waals surface area contributed by atoms with Crippen molar-refractivity contribution in [2.24, 2.45) is 0 Å². The Morgan fingerprint density at radius 3 is 2.84 bits per heavy atom. The number of carbonyl (C=O) groups is 1. The van der Waals surface area contributed by atoms with E-state index in [1.807, 2.05) is 17.0 Å². The highest BCUT2D eigenvalue weighted by molar-refractivity contribution is 9.10. The Morgan fingerprint density at radius 1 is 1.37 bits per heavy atom. The highest BCUT2D eigenvalue weighted by Crippen LogP contribution is 2.24. The van der Waals surface area contributed by atoms with E-state index in [9.17, 15) is 4.79 Å². The first kappa shape index (κ1) is 14.4. The molecule has 2 N–H and O–H groups in total. The molecule has 1 aromatic carbocycles. The van der Waals surface area contributed by atoms with Crippen LogP contribution >= 0.6 is 15.9 Å². The summed E-state index contributed by atoms with van der Waals surface area (Å²) in [5.74, 6) is 0.113. The van der Waals surface area contributed by atoms with E-state index < -0.39 is 0 Å². The minimum atomic E-state index is 0.113. The van der Waals surface area contributed by atoms with Crippen LogP contribution < -0.4 is 5.73 Å². The molecule has 1 saturated heterocycles. The van der Waals surface area contributed by atoms with Gasteiger partial charge in [0.15, 0.2) is 0 Å². The van der Waals surface area contributed by atoms with E-state index in [4.69, 9.17) is 5.73 Å². The van der Waals surface area contributed by atoms with Gasteiger partial charge in [-0.15, -0.1) is 0 Å². The Labute approximate surface area is 123 Å². The normalized spacial score (nSPS) is 20.1. The molecule has 1 aliphatic rings. The Hall–Kier alpha value is -1.03. The molecule has 0 aliphatic carbocycles. The lowest BCUT2D eigenvalue weighted by atomic mass is 10.1. The Morgan fingerprint density at radius 2 is 2.16 bits per heavy atom.